The fourth-order valence-corrected chi connectivity index (χ4v) is 3.52. The number of nitrogens with zero attached hydrogens (tertiary/aromatic N) is 2. The van der Waals surface area contributed by atoms with Gasteiger partial charge in [0.15, 0.2) is 5.83 Å². The summed E-state index contributed by atoms with van der Waals surface area (Å²) in [4.78, 5) is 20.7. The Bertz CT molecular complexity index is 1320. The number of fused-ring (bicyclic) bond motifs is 1. The lowest BCUT2D eigenvalue weighted by Crippen LogP contribution is -2.41. The lowest BCUT2D eigenvalue weighted by molar-refractivity contribution is -0.136. The Labute approximate surface area is 206 Å². The van der Waals surface area contributed by atoms with E-state index in [0.717, 1.165) is 18.5 Å². The van der Waals surface area contributed by atoms with Gasteiger partial charge in [0.2, 0.25) is 0 Å². The van der Waals surface area contributed by atoms with Crippen LogP contribution in [0.25, 0.3) is 10.9 Å². The number of aromatic nitrogens is 1. The van der Waals surface area contributed by atoms with Crippen LogP contribution in [0.4, 0.5) is 14.5 Å². The molecule has 1 heterocycles. The zero-order chi connectivity index (χ0) is 25.8. The van der Waals surface area contributed by atoms with Gasteiger partial charge in [0.05, 0.1) is 16.9 Å². The van der Waals surface area contributed by atoms with Crippen molar-refractivity contribution in [1.82, 2.24) is 10.3 Å². The van der Waals surface area contributed by atoms with Gasteiger partial charge in [-0.3, -0.25) is 9.79 Å². The number of allylic oxidation sites excluding steroid dienone is 1. The minimum Gasteiger partial charge on any atom is -0.487 e. The first-order chi connectivity index (χ1) is 16.5. The third-order valence-electron chi connectivity index (χ3n) is 5.01. The molecular weight excluding hydrogens is 478 g/mol. The fourth-order valence-electron chi connectivity index (χ4n) is 3.24. The molecule has 0 atom stereocenters. The number of nitrogens with one attached hydrogen (secondary N) is 1. The molecule has 1 aromatic heterocycles. The molecule has 0 unspecified atom stereocenters. The maximum absolute atomic E-state index is 14.0. The average Bonchev–Trinajstić information content (AvgIpc) is 2.79. The van der Waals surface area contributed by atoms with Gasteiger partial charge in [-0.2, -0.15) is 0 Å². The normalized spacial score (nSPS) is 12.4. The van der Waals surface area contributed by atoms with Crippen molar-refractivity contribution < 1.29 is 23.4 Å². The first-order valence-electron chi connectivity index (χ1n) is 10.6. The number of amides is 1. The fraction of sp³-hybridized carbons (Fsp3) is 0.240. The van der Waals surface area contributed by atoms with Gasteiger partial charge in [0, 0.05) is 29.4 Å². The SMILES string of the molecule is Cc1cc(N=CC(F)=CN)c2cccc(OCc3c(Cl)cc(F)cc3CNC(=O)C(C)(C)O)c2n1. The van der Waals surface area contributed by atoms with E-state index >= 15 is 0 Å². The summed E-state index contributed by atoms with van der Waals surface area (Å²) in [5, 5.41) is 13.1. The molecule has 0 aliphatic rings. The summed E-state index contributed by atoms with van der Waals surface area (Å²) in [6.45, 7) is 4.35. The topological polar surface area (TPSA) is 110 Å². The van der Waals surface area contributed by atoms with Crippen LogP contribution in [-0.4, -0.2) is 27.8 Å². The summed E-state index contributed by atoms with van der Waals surface area (Å²) in [7, 11) is 0. The van der Waals surface area contributed by atoms with Crippen LogP contribution in [0.2, 0.25) is 5.02 Å². The van der Waals surface area contributed by atoms with Gasteiger partial charge in [-0.15, -0.1) is 0 Å². The van der Waals surface area contributed by atoms with Crippen molar-refractivity contribution in [2.45, 2.75) is 39.5 Å². The van der Waals surface area contributed by atoms with Crippen molar-refractivity contribution in [2.75, 3.05) is 0 Å². The highest BCUT2D eigenvalue weighted by Crippen LogP contribution is 2.33. The number of rotatable bonds is 8. The Hall–Kier alpha value is -3.56. The van der Waals surface area contributed by atoms with Crippen LogP contribution in [0, 0.1) is 12.7 Å². The number of ether oxygens (including phenoxy) is 1. The summed E-state index contributed by atoms with van der Waals surface area (Å²) < 4.78 is 33.5. The number of aliphatic imine (C=N–C) groups is 1. The second-order valence-corrected chi connectivity index (χ2v) is 8.71. The second-order valence-electron chi connectivity index (χ2n) is 8.30. The number of aryl methyl sites for hydroxylation is 1. The Morgan fingerprint density at radius 3 is 2.77 bits per heavy atom. The van der Waals surface area contributed by atoms with Crippen LogP contribution in [0.5, 0.6) is 5.75 Å². The van der Waals surface area contributed by atoms with E-state index in [1.807, 2.05) is 0 Å². The zero-order valence-electron chi connectivity index (χ0n) is 19.4. The molecule has 3 aromatic rings. The molecule has 0 aliphatic carbocycles. The van der Waals surface area contributed by atoms with E-state index in [-0.39, 0.29) is 18.2 Å². The second kappa shape index (κ2) is 10.8. The summed E-state index contributed by atoms with van der Waals surface area (Å²) >= 11 is 6.29. The summed E-state index contributed by atoms with van der Waals surface area (Å²) in [6.07, 6.45) is 1.82. The molecule has 35 heavy (non-hydrogen) atoms. The first-order valence-corrected chi connectivity index (χ1v) is 11.0. The highest BCUT2D eigenvalue weighted by molar-refractivity contribution is 6.31. The zero-order valence-corrected chi connectivity index (χ0v) is 20.2. The maximum Gasteiger partial charge on any atom is 0.251 e. The number of carbonyl (C=O) groups is 1. The molecule has 0 bridgehead atoms. The number of aliphatic hydroxyl groups is 1. The predicted molar refractivity (Wildman–Crippen MR) is 132 cm³/mol. The van der Waals surface area contributed by atoms with Crippen molar-refractivity contribution in [3.05, 3.63) is 76.1 Å². The molecule has 0 aliphatic heterocycles. The van der Waals surface area contributed by atoms with Crippen LogP contribution in [-0.2, 0) is 17.9 Å². The van der Waals surface area contributed by atoms with Gasteiger partial charge in [0.25, 0.3) is 5.91 Å². The quantitative estimate of drug-likeness (QED) is 0.384. The number of halogens is 3. The van der Waals surface area contributed by atoms with Crippen LogP contribution < -0.4 is 15.8 Å². The summed E-state index contributed by atoms with van der Waals surface area (Å²) in [5.41, 5.74) is 6.02. The molecule has 0 fully saturated rings. The lowest BCUT2D eigenvalue weighted by atomic mass is 10.1. The number of hydrogen-bond donors (Lipinski definition) is 3. The van der Waals surface area contributed by atoms with Gasteiger partial charge in [-0.1, -0.05) is 23.7 Å². The van der Waals surface area contributed by atoms with Crippen molar-refractivity contribution in [3.63, 3.8) is 0 Å². The van der Waals surface area contributed by atoms with Gasteiger partial charge in [0.1, 0.15) is 29.3 Å². The van der Waals surface area contributed by atoms with Gasteiger partial charge >= 0.3 is 0 Å². The lowest BCUT2D eigenvalue weighted by Gasteiger charge is -2.19. The molecule has 2 aromatic carbocycles. The van der Waals surface area contributed by atoms with Gasteiger partial charge in [-0.05, 0) is 50.6 Å². The molecule has 184 valence electrons. The number of carbonyl (C=O) groups excluding carboxylic acids is 1. The summed E-state index contributed by atoms with van der Waals surface area (Å²) in [6, 6.07) is 9.31. The maximum atomic E-state index is 14.0. The Morgan fingerprint density at radius 1 is 1.34 bits per heavy atom. The largest absolute Gasteiger partial charge is 0.487 e. The number of pyridine rings is 1. The van der Waals surface area contributed by atoms with Crippen LogP contribution in [0.1, 0.15) is 30.7 Å². The number of nitrogens with two attached hydrogens (primary N) is 1. The Kier molecular flexibility index (Phi) is 8.03. The molecule has 0 saturated carbocycles. The third-order valence-corrected chi connectivity index (χ3v) is 5.35. The minimum atomic E-state index is -1.59. The minimum absolute atomic E-state index is 0.0509. The van der Waals surface area contributed by atoms with Crippen molar-refractivity contribution in [3.8, 4) is 5.75 Å². The molecule has 0 spiro atoms. The van der Waals surface area contributed by atoms with E-state index in [2.05, 4.69) is 15.3 Å². The van der Waals surface area contributed by atoms with Gasteiger partial charge < -0.3 is 20.9 Å². The van der Waals surface area contributed by atoms with Crippen LogP contribution in [0.3, 0.4) is 0 Å². The summed E-state index contributed by atoms with van der Waals surface area (Å²) in [5.74, 6) is -1.47. The van der Waals surface area contributed by atoms with E-state index in [0.29, 0.717) is 39.2 Å². The first kappa shape index (κ1) is 26.1. The molecular formula is C25H25ClF2N4O3. The standard InChI is InChI=1S/C25H25ClF2N4O3/c1-14-7-21(30-12-17(28)10-29)18-5-4-6-22(23(18)32-14)35-13-19-15(8-16(27)9-20(19)26)11-31-24(33)25(2,3)34/h4-10,12,34H,11,13,29H2,1-3H3,(H,31,33). The van der Waals surface area contributed by atoms with E-state index in [1.54, 1.807) is 31.2 Å². The van der Waals surface area contributed by atoms with E-state index in [9.17, 15) is 18.7 Å². The highest BCUT2D eigenvalue weighted by Gasteiger charge is 2.24. The molecule has 0 radical (unpaired) electrons. The molecule has 1 amide bonds. The third kappa shape index (κ3) is 6.52. The highest BCUT2D eigenvalue weighted by atomic mass is 35.5. The monoisotopic (exact) mass is 502 g/mol. The number of para-hydroxylation sites is 1. The number of hydrogen-bond acceptors (Lipinski definition) is 6. The van der Waals surface area contributed by atoms with Gasteiger partial charge in [-0.25, -0.2) is 13.8 Å². The van der Waals surface area contributed by atoms with E-state index in [4.69, 9.17) is 22.1 Å². The average molecular weight is 503 g/mol. The number of benzene rings is 2. The Balaban J connectivity index is 1.93. The van der Waals surface area contributed by atoms with E-state index in [1.165, 1.54) is 19.9 Å². The molecule has 7 nitrogen and oxygen atoms in total. The van der Waals surface area contributed by atoms with Crippen molar-refractivity contribution in [1.29, 1.82) is 0 Å². The van der Waals surface area contributed by atoms with Crippen molar-refractivity contribution >= 4 is 40.3 Å². The molecule has 4 N–H and O–H groups in total. The molecule has 3 rings (SSSR count). The van der Waals surface area contributed by atoms with Crippen molar-refractivity contribution in [2.24, 2.45) is 10.7 Å². The van der Waals surface area contributed by atoms with Crippen LogP contribution >= 0.6 is 11.6 Å². The predicted octanol–water partition coefficient (Wildman–Crippen LogP) is 4.77. The molecule has 0 saturated heterocycles. The smallest absolute Gasteiger partial charge is 0.251 e. The molecule has 10 heteroatoms. The van der Waals surface area contributed by atoms with Crippen LogP contribution in [0.15, 0.2) is 53.4 Å². The van der Waals surface area contributed by atoms with E-state index < -0.39 is 23.2 Å². The Morgan fingerprint density at radius 2 is 2.09 bits per heavy atom.